The van der Waals surface area contributed by atoms with Crippen LogP contribution in [0, 0.1) is 11.3 Å². The summed E-state index contributed by atoms with van der Waals surface area (Å²) in [5.74, 6) is 1.40. The van der Waals surface area contributed by atoms with Crippen molar-refractivity contribution in [3.05, 3.63) is 53.6 Å². The lowest BCUT2D eigenvalue weighted by molar-refractivity contribution is 0.0833. The number of methoxy groups -OCH3 is 1. The lowest BCUT2D eigenvalue weighted by atomic mass is 9.68. The number of ether oxygens (including phenoxy) is 2. The number of benzene rings is 1. The minimum Gasteiger partial charge on any atom is -0.497 e. The molecule has 2 rings (SSSR count). The zero-order valence-corrected chi connectivity index (χ0v) is 15.1. The van der Waals surface area contributed by atoms with Crippen LogP contribution in [-0.2, 0) is 11.3 Å². The molecule has 0 saturated heterocycles. The molecule has 0 aromatic heterocycles. The summed E-state index contributed by atoms with van der Waals surface area (Å²) in [5.41, 5.74) is 2.99. The highest BCUT2D eigenvalue weighted by Gasteiger charge is 2.30. The van der Waals surface area contributed by atoms with Crippen LogP contribution in [0.25, 0.3) is 0 Å². The maximum absolute atomic E-state index is 5.95. The fourth-order valence-corrected chi connectivity index (χ4v) is 3.26. The Morgan fingerprint density at radius 3 is 2.57 bits per heavy atom. The van der Waals surface area contributed by atoms with E-state index >= 15 is 0 Å². The van der Waals surface area contributed by atoms with E-state index in [-0.39, 0.29) is 6.10 Å². The molecule has 2 unspecified atom stereocenters. The van der Waals surface area contributed by atoms with E-state index in [0.29, 0.717) is 17.9 Å². The Morgan fingerprint density at radius 2 is 1.96 bits per heavy atom. The Balaban J connectivity index is 1.89. The van der Waals surface area contributed by atoms with Crippen molar-refractivity contribution < 1.29 is 9.47 Å². The second-order valence-corrected chi connectivity index (χ2v) is 7.20. The van der Waals surface area contributed by atoms with Gasteiger partial charge in [-0.3, -0.25) is 0 Å². The average molecular weight is 314 g/mol. The molecule has 0 amide bonds. The fourth-order valence-electron chi connectivity index (χ4n) is 3.26. The predicted octanol–water partition coefficient (Wildman–Crippen LogP) is 5.54. The third kappa shape index (κ3) is 4.97. The van der Waals surface area contributed by atoms with Crippen LogP contribution in [0.2, 0.25) is 0 Å². The first-order valence-electron chi connectivity index (χ1n) is 8.52. The highest BCUT2D eigenvalue weighted by Crippen LogP contribution is 2.41. The van der Waals surface area contributed by atoms with E-state index in [2.05, 4.69) is 45.9 Å². The lowest BCUT2D eigenvalue weighted by Crippen LogP contribution is -2.26. The Morgan fingerprint density at radius 1 is 1.26 bits per heavy atom. The molecular weight excluding hydrogens is 284 g/mol. The summed E-state index contributed by atoms with van der Waals surface area (Å²) >= 11 is 0. The zero-order valence-electron chi connectivity index (χ0n) is 15.1. The fraction of sp³-hybridized carbons (Fsp3) is 0.524. The van der Waals surface area contributed by atoms with Crippen LogP contribution in [-0.4, -0.2) is 13.2 Å². The van der Waals surface area contributed by atoms with Gasteiger partial charge in [-0.15, -0.1) is 0 Å². The van der Waals surface area contributed by atoms with Gasteiger partial charge in [0.25, 0.3) is 0 Å². The molecule has 0 fully saturated rings. The summed E-state index contributed by atoms with van der Waals surface area (Å²) in [7, 11) is 1.68. The molecule has 1 aromatic rings. The van der Waals surface area contributed by atoms with Gasteiger partial charge in [-0.2, -0.15) is 0 Å². The molecule has 23 heavy (non-hydrogen) atoms. The summed E-state index contributed by atoms with van der Waals surface area (Å²) in [6, 6.07) is 8.04. The van der Waals surface area contributed by atoms with Crippen molar-refractivity contribution in [2.45, 2.75) is 53.2 Å². The first-order chi connectivity index (χ1) is 10.9. The topological polar surface area (TPSA) is 18.5 Å². The highest BCUT2D eigenvalue weighted by atomic mass is 16.5. The Labute approximate surface area is 141 Å². The largest absolute Gasteiger partial charge is 0.497 e. The summed E-state index contributed by atoms with van der Waals surface area (Å²) in [6.07, 6.45) is 9.49. The first kappa shape index (κ1) is 17.8. The van der Waals surface area contributed by atoms with Crippen LogP contribution in [0.15, 0.2) is 48.1 Å². The van der Waals surface area contributed by atoms with Gasteiger partial charge in [-0.1, -0.05) is 49.8 Å². The molecule has 0 spiro atoms. The SMILES string of the molecule is COc1ccc(COC(C)/C=C/C2C(C)=CCCC2(C)C)cc1. The van der Waals surface area contributed by atoms with Gasteiger partial charge in [0.1, 0.15) is 5.75 Å². The van der Waals surface area contributed by atoms with Crippen molar-refractivity contribution in [3.8, 4) is 5.75 Å². The van der Waals surface area contributed by atoms with Crippen LogP contribution in [0.4, 0.5) is 0 Å². The summed E-state index contributed by atoms with van der Waals surface area (Å²) < 4.78 is 11.1. The molecule has 2 atom stereocenters. The van der Waals surface area contributed by atoms with E-state index in [1.807, 2.05) is 24.3 Å². The third-order valence-electron chi connectivity index (χ3n) is 4.83. The lowest BCUT2D eigenvalue weighted by Gasteiger charge is -2.36. The molecule has 2 heteroatoms. The standard InChI is InChI=1S/C21H30O2/c1-16-7-6-14-21(3,4)20(16)13-8-17(2)23-15-18-9-11-19(22-5)12-10-18/h7-13,17,20H,6,14-15H2,1-5H3/b13-8+. The van der Waals surface area contributed by atoms with Gasteiger partial charge in [0.2, 0.25) is 0 Å². The smallest absolute Gasteiger partial charge is 0.118 e. The molecule has 1 aliphatic rings. The molecule has 0 N–H and O–H groups in total. The van der Waals surface area contributed by atoms with E-state index in [1.165, 1.54) is 24.0 Å². The zero-order chi connectivity index (χ0) is 16.9. The maximum Gasteiger partial charge on any atom is 0.118 e. The molecule has 126 valence electrons. The maximum atomic E-state index is 5.95. The van der Waals surface area contributed by atoms with Crippen LogP contribution >= 0.6 is 0 Å². The number of allylic oxidation sites excluding steroid dienone is 3. The minimum absolute atomic E-state index is 0.114. The summed E-state index contributed by atoms with van der Waals surface area (Å²) in [5, 5.41) is 0. The molecule has 1 aliphatic carbocycles. The van der Waals surface area contributed by atoms with Gasteiger partial charge in [0.05, 0.1) is 19.8 Å². The molecule has 1 aromatic carbocycles. The van der Waals surface area contributed by atoms with Crippen molar-refractivity contribution in [1.29, 1.82) is 0 Å². The molecule has 0 bridgehead atoms. The molecule has 0 radical (unpaired) electrons. The van der Waals surface area contributed by atoms with Crippen molar-refractivity contribution in [2.24, 2.45) is 11.3 Å². The number of rotatable bonds is 6. The van der Waals surface area contributed by atoms with E-state index in [1.54, 1.807) is 7.11 Å². The van der Waals surface area contributed by atoms with Crippen LogP contribution in [0.3, 0.4) is 0 Å². The van der Waals surface area contributed by atoms with E-state index in [0.717, 1.165) is 5.75 Å². The third-order valence-corrected chi connectivity index (χ3v) is 4.83. The summed E-state index contributed by atoms with van der Waals surface area (Å²) in [4.78, 5) is 0. The van der Waals surface area contributed by atoms with Crippen molar-refractivity contribution in [1.82, 2.24) is 0 Å². The second kappa shape index (κ2) is 7.83. The molecule has 0 aliphatic heterocycles. The quantitative estimate of drug-likeness (QED) is 0.642. The van der Waals surface area contributed by atoms with Crippen molar-refractivity contribution in [3.63, 3.8) is 0 Å². The highest BCUT2D eigenvalue weighted by molar-refractivity contribution is 5.26. The van der Waals surface area contributed by atoms with Crippen LogP contribution < -0.4 is 4.74 Å². The van der Waals surface area contributed by atoms with Crippen molar-refractivity contribution in [2.75, 3.05) is 7.11 Å². The molecule has 2 nitrogen and oxygen atoms in total. The van der Waals surface area contributed by atoms with Gasteiger partial charge >= 0.3 is 0 Å². The first-order valence-corrected chi connectivity index (χ1v) is 8.52. The van der Waals surface area contributed by atoms with Gasteiger partial charge in [0.15, 0.2) is 0 Å². The Kier molecular flexibility index (Phi) is 6.06. The number of hydrogen-bond donors (Lipinski definition) is 0. The Hall–Kier alpha value is -1.54. The van der Waals surface area contributed by atoms with E-state index in [4.69, 9.17) is 9.47 Å². The van der Waals surface area contributed by atoms with Gasteiger partial charge < -0.3 is 9.47 Å². The monoisotopic (exact) mass is 314 g/mol. The van der Waals surface area contributed by atoms with Gasteiger partial charge in [-0.05, 0) is 49.8 Å². The Bertz CT molecular complexity index is 552. The predicted molar refractivity (Wildman–Crippen MR) is 96.6 cm³/mol. The average Bonchev–Trinajstić information content (AvgIpc) is 2.52. The number of hydrogen-bond acceptors (Lipinski definition) is 2. The normalized spacial score (nSPS) is 22.0. The van der Waals surface area contributed by atoms with Gasteiger partial charge in [-0.25, -0.2) is 0 Å². The van der Waals surface area contributed by atoms with Crippen LogP contribution in [0.1, 0.15) is 46.1 Å². The second-order valence-electron chi connectivity index (χ2n) is 7.20. The summed E-state index contributed by atoms with van der Waals surface area (Å²) in [6.45, 7) is 9.70. The van der Waals surface area contributed by atoms with Crippen molar-refractivity contribution >= 4 is 0 Å². The van der Waals surface area contributed by atoms with E-state index < -0.39 is 0 Å². The van der Waals surface area contributed by atoms with Crippen LogP contribution in [0.5, 0.6) is 5.75 Å². The van der Waals surface area contributed by atoms with E-state index in [9.17, 15) is 0 Å². The molecular formula is C21H30O2. The molecule has 0 saturated carbocycles. The minimum atomic E-state index is 0.114. The van der Waals surface area contributed by atoms with Gasteiger partial charge in [0, 0.05) is 5.92 Å². The molecule has 0 heterocycles.